The highest BCUT2D eigenvalue weighted by molar-refractivity contribution is 9.10. The molecular weight excluding hydrogens is 351 g/mol. The van der Waals surface area contributed by atoms with E-state index in [9.17, 15) is 14.0 Å². The van der Waals surface area contributed by atoms with Gasteiger partial charge in [-0.05, 0) is 24.3 Å². The zero-order valence-corrected chi connectivity index (χ0v) is 13.2. The molecule has 0 saturated carbocycles. The third kappa shape index (κ3) is 4.66. The van der Waals surface area contributed by atoms with E-state index >= 15 is 0 Å². The minimum atomic E-state index is -0.383. The van der Waals surface area contributed by atoms with Crippen LogP contribution in [0.3, 0.4) is 0 Å². The predicted molar refractivity (Wildman–Crippen MR) is 84.7 cm³/mol. The second-order valence-electron chi connectivity index (χ2n) is 4.56. The van der Waals surface area contributed by atoms with Gasteiger partial charge in [-0.2, -0.15) is 0 Å². The maximum atomic E-state index is 13.4. The SMILES string of the molecule is O=C(CNC(=O)c1cccc(Br)c1)NCc1ccccc1F. The van der Waals surface area contributed by atoms with E-state index in [1.165, 1.54) is 6.07 Å². The molecule has 0 aliphatic rings. The Morgan fingerprint density at radius 3 is 2.55 bits per heavy atom. The van der Waals surface area contributed by atoms with Crippen LogP contribution in [0, 0.1) is 5.82 Å². The van der Waals surface area contributed by atoms with Gasteiger partial charge in [-0.1, -0.05) is 40.2 Å². The van der Waals surface area contributed by atoms with Crippen molar-refractivity contribution in [1.29, 1.82) is 0 Å². The van der Waals surface area contributed by atoms with E-state index in [4.69, 9.17) is 0 Å². The molecule has 0 fully saturated rings. The number of benzene rings is 2. The largest absolute Gasteiger partial charge is 0.350 e. The molecule has 22 heavy (non-hydrogen) atoms. The van der Waals surface area contributed by atoms with E-state index in [0.29, 0.717) is 11.1 Å². The first kappa shape index (κ1) is 16.2. The summed E-state index contributed by atoms with van der Waals surface area (Å²) in [6, 6.07) is 13.0. The van der Waals surface area contributed by atoms with Gasteiger partial charge in [0.25, 0.3) is 5.91 Å². The first-order valence-electron chi connectivity index (χ1n) is 6.60. The van der Waals surface area contributed by atoms with Gasteiger partial charge in [0.15, 0.2) is 0 Å². The Balaban J connectivity index is 1.81. The molecule has 6 heteroatoms. The Morgan fingerprint density at radius 1 is 1.05 bits per heavy atom. The van der Waals surface area contributed by atoms with Crippen molar-refractivity contribution < 1.29 is 14.0 Å². The van der Waals surface area contributed by atoms with Crippen molar-refractivity contribution in [3.05, 3.63) is 69.9 Å². The lowest BCUT2D eigenvalue weighted by Gasteiger charge is -2.08. The third-order valence-electron chi connectivity index (χ3n) is 2.93. The molecule has 4 nitrogen and oxygen atoms in total. The molecule has 0 atom stereocenters. The Labute approximate surface area is 135 Å². The summed E-state index contributed by atoms with van der Waals surface area (Å²) in [5.74, 6) is -1.10. The number of carbonyl (C=O) groups is 2. The van der Waals surface area contributed by atoms with Crippen molar-refractivity contribution in [3.63, 3.8) is 0 Å². The Bertz CT molecular complexity index is 691. The van der Waals surface area contributed by atoms with E-state index in [1.807, 2.05) is 0 Å². The van der Waals surface area contributed by atoms with Crippen molar-refractivity contribution in [2.24, 2.45) is 0 Å². The molecule has 2 N–H and O–H groups in total. The topological polar surface area (TPSA) is 58.2 Å². The van der Waals surface area contributed by atoms with Crippen LogP contribution in [0.1, 0.15) is 15.9 Å². The highest BCUT2D eigenvalue weighted by Gasteiger charge is 2.09. The van der Waals surface area contributed by atoms with Gasteiger partial charge >= 0.3 is 0 Å². The molecule has 2 aromatic carbocycles. The van der Waals surface area contributed by atoms with Crippen LogP contribution in [0.2, 0.25) is 0 Å². The summed E-state index contributed by atoms with van der Waals surface area (Å²) in [6.07, 6.45) is 0. The molecule has 0 radical (unpaired) electrons. The first-order chi connectivity index (χ1) is 10.6. The van der Waals surface area contributed by atoms with Gasteiger partial charge in [-0.25, -0.2) is 4.39 Å². The van der Waals surface area contributed by atoms with E-state index in [2.05, 4.69) is 26.6 Å². The van der Waals surface area contributed by atoms with E-state index in [0.717, 1.165) is 4.47 Å². The number of nitrogens with one attached hydrogen (secondary N) is 2. The lowest BCUT2D eigenvalue weighted by Crippen LogP contribution is -2.36. The number of rotatable bonds is 5. The monoisotopic (exact) mass is 364 g/mol. The summed E-state index contributed by atoms with van der Waals surface area (Å²) in [7, 11) is 0. The van der Waals surface area contributed by atoms with E-state index in [1.54, 1.807) is 42.5 Å². The standard InChI is InChI=1S/C16H14BrFN2O2/c17-13-6-3-5-11(8-13)16(22)20-10-15(21)19-9-12-4-1-2-7-14(12)18/h1-8H,9-10H2,(H,19,21)(H,20,22). The second-order valence-corrected chi connectivity index (χ2v) is 5.48. The minimum absolute atomic E-state index is 0.0816. The molecule has 0 saturated heterocycles. The van der Waals surface area contributed by atoms with Gasteiger partial charge in [-0.15, -0.1) is 0 Å². The van der Waals surface area contributed by atoms with Crippen LogP contribution in [0.25, 0.3) is 0 Å². The predicted octanol–water partition coefficient (Wildman–Crippen LogP) is 2.63. The lowest BCUT2D eigenvalue weighted by atomic mass is 10.2. The molecule has 0 aromatic heterocycles. The molecule has 2 amide bonds. The number of amides is 2. The molecule has 0 heterocycles. The summed E-state index contributed by atoms with van der Waals surface area (Å²) >= 11 is 3.27. The smallest absolute Gasteiger partial charge is 0.251 e. The summed E-state index contributed by atoms with van der Waals surface area (Å²) in [5.41, 5.74) is 0.852. The summed E-state index contributed by atoms with van der Waals surface area (Å²) in [5, 5.41) is 5.07. The van der Waals surface area contributed by atoms with Crippen LogP contribution >= 0.6 is 15.9 Å². The van der Waals surface area contributed by atoms with Crippen molar-refractivity contribution in [3.8, 4) is 0 Å². The van der Waals surface area contributed by atoms with Gasteiger partial charge in [0.2, 0.25) is 5.91 Å². The maximum Gasteiger partial charge on any atom is 0.251 e. The average molecular weight is 365 g/mol. The summed E-state index contributed by atoms with van der Waals surface area (Å²) in [6.45, 7) is -0.0853. The zero-order valence-electron chi connectivity index (χ0n) is 11.6. The van der Waals surface area contributed by atoms with Gasteiger partial charge in [0.1, 0.15) is 5.82 Å². The molecule has 0 spiro atoms. The Hall–Kier alpha value is -2.21. The van der Waals surface area contributed by atoms with E-state index < -0.39 is 0 Å². The number of hydrogen-bond donors (Lipinski definition) is 2. The fourth-order valence-electron chi connectivity index (χ4n) is 1.79. The molecule has 2 rings (SSSR count). The average Bonchev–Trinajstić information content (AvgIpc) is 2.52. The Kier molecular flexibility index (Phi) is 5.66. The van der Waals surface area contributed by atoms with Crippen LogP contribution in [0.5, 0.6) is 0 Å². The van der Waals surface area contributed by atoms with Crippen LogP contribution in [-0.4, -0.2) is 18.4 Å². The molecule has 2 aromatic rings. The van der Waals surface area contributed by atoms with Gasteiger partial charge < -0.3 is 10.6 Å². The fourth-order valence-corrected chi connectivity index (χ4v) is 2.19. The maximum absolute atomic E-state index is 13.4. The molecular formula is C16H14BrFN2O2. The quantitative estimate of drug-likeness (QED) is 0.856. The minimum Gasteiger partial charge on any atom is -0.350 e. The number of carbonyl (C=O) groups excluding carboxylic acids is 2. The van der Waals surface area contributed by atoms with Crippen molar-refractivity contribution in [1.82, 2.24) is 10.6 Å². The highest BCUT2D eigenvalue weighted by Crippen LogP contribution is 2.11. The van der Waals surface area contributed by atoms with E-state index in [-0.39, 0.29) is 30.7 Å². The summed E-state index contributed by atoms with van der Waals surface area (Å²) in [4.78, 5) is 23.5. The molecule has 0 aliphatic heterocycles. The highest BCUT2D eigenvalue weighted by atomic mass is 79.9. The van der Waals surface area contributed by atoms with Gasteiger partial charge in [-0.3, -0.25) is 9.59 Å². The molecule has 0 bridgehead atoms. The Morgan fingerprint density at radius 2 is 1.82 bits per heavy atom. The van der Waals surface area contributed by atoms with Crippen molar-refractivity contribution in [2.45, 2.75) is 6.54 Å². The van der Waals surface area contributed by atoms with Gasteiger partial charge in [0, 0.05) is 22.1 Å². The molecule has 0 aliphatic carbocycles. The second kappa shape index (κ2) is 7.70. The third-order valence-corrected chi connectivity index (χ3v) is 3.42. The summed E-state index contributed by atoms with van der Waals surface area (Å²) < 4.78 is 14.2. The van der Waals surface area contributed by atoms with Gasteiger partial charge in [0.05, 0.1) is 6.54 Å². The zero-order chi connectivity index (χ0) is 15.9. The van der Waals surface area contributed by atoms with Crippen molar-refractivity contribution in [2.75, 3.05) is 6.54 Å². The van der Waals surface area contributed by atoms with Crippen molar-refractivity contribution >= 4 is 27.7 Å². The van der Waals surface area contributed by atoms with Crippen LogP contribution in [-0.2, 0) is 11.3 Å². The van der Waals surface area contributed by atoms with Crippen LogP contribution < -0.4 is 10.6 Å². The first-order valence-corrected chi connectivity index (χ1v) is 7.39. The lowest BCUT2D eigenvalue weighted by molar-refractivity contribution is -0.120. The fraction of sp³-hybridized carbons (Fsp3) is 0.125. The molecule has 114 valence electrons. The normalized spacial score (nSPS) is 10.1. The number of halogens is 2. The van der Waals surface area contributed by atoms with Crippen LogP contribution in [0.15, 0.2) is 53.0 Å². The number of hydrogen-bond acceptors (Lipinski definition) is 2. The molecule has 0 unspecified atom stereocenters. The van der Waals surface area contributed by atoms with Crippen LogP contribution in [0.4, 0.5) is 4.39 Å².